The van der Waals surface area contributed by atoms with Gasteiger partial charge in [0.15, 0.2) is 0 Å². The summed E-state index contributed by atoms with van der Waals surface area (Å²) in [7, 11) is 0. The van der Waals surface area contributed by atoms with Gasteiger partial charge in [-0.25, -0.2) is 4.98 Å². The second-order valence-electron chi connectivity index (χ2n) is 4.72. The Kier molecular flexibility index (Phi) is 2.45. The first-order valence-electron chi connectivity index (χ1n) is 5.82. The van der Waals surface area contributed by atoms with Gasteiger partial charge in [0.25, 0.3) is 0 Å². The highest BCUT2D eigenvalue weighted by Gasteiger charge is 2.27. The van der Waals surface area contributed by atoms with E-state index in [2.05, 4.69) is 37.4 Å². The van der Waals surface area contributed by atoms with Crippen LogP contribution in [-0.2, 0) is 0 Å². The number of hydrogen-bond acceptors (Lipinski definition) is 3. The molecule has 2 heterocycles. The van der Waals surface area contributed by atoms with E-state index < -0.39 is 0 Å². The minimum atomic E-state index is 0.608. The fourth-order valence-electron chi connectivity index (χ4n) is 2.40. The van der Waals surface area contributed by atoms with Crippen molar-refractivity contribution < 1.29 is 0 Å². The molecule has 0 amide bonds. The fraction of sp³-hybridized carbons (Fsp3) is 0.462. The Morgan fingerprint density at radius 3 is 2.94 bits per heavy atom. The van der Waals surface area contributed by atoms with Gasteiger partial charge in [-0.1, -0.05) is 19.1 Å². The molecule has 0 saturated carbocycles. The van der Waals surface area contributed by atoms with Gasteiger partial charge in [-0.3, -0.25) is 0 Å². The van der Waals surface area contributed by atoms with Crippen LogP contribution in [0.5, 0.6) is 0 Å². The first kappa shape index (κ1) is 10.2. The molecule has 0 radical (unpaired) electrons. The number of thiazole rings is 1. The maximum Gasteiger partial charge on any atom is 0.0985 e. The summed E-state index contributed by atoms with van der Waals surface area (Å²) in [6.07, 6.45) is 0. The highest BCUT2D eigenvalue weighted by atomic mass is 32.1. The van der Waals surface area contributed by atoms with Gasteiger partial charge < -0.3 is 5.32 Å². The molecule has 0 unspecified atom stereocenters. The van der Waals surface area contributed by atoms with Crippen molar-refractivity contribution in [1.82, 2.24) is 10.3 Å². The van der Waals surface area contributed by atoms with Gasteiger partial charge in [-0.2, -0.15) is 0 Å². The Bertz CT molecular complexity index is 518. The molecule has 16 heavy (non-hydrogen) atoms. The number of hydrogen-bond donors (Lipinski definition) is 1. The number of para-hydroxylation sites is 1. The molecule has 1 saturated heterocycles. The molecule has 1 aliphatic rings. The van der Waals surface area contributed by atoms with Crippen molar-refractivity contribution in [3.63, 3.8) is 0 Å². The van der Waals surface area contributed by atoms with Crippen molar-refractivity contribution in [1.29, 1.82) is 0 Å². The summed E-state index contributed by atoms with van der Waals surface area (Å²) >= 11 is 1.86. The summed E-state index contributed by atoms with van der Waals surface area (Å²) in [6.45, 7) is 6.66. The zero-order valence-corrected chi connectivity index (χ0v) is 10.5. The second-order valence-corrected chi connectivity index (χ2v) is 5.78. The van der Waals surface area contributed by atoms with Gasteiger partial charge in [0.1, 0.15) is 0 Å². The third kappa shape index (κ3) is 1.55. The molecule has 2 aromatic rings. The lowest BCUT2D eigenvalue weighted by Gasteiger charge is -2.09. The van der Waals surface area contributed by atoms with Crippen molar-refractivity contribution >= 4 is 21.6 Å². The molecule has 0 bridgehead atoms. The number of aryl methyl sites for hydroxylation is 1. The molecule has 0 spiro atoms. The predicted molar refractivity (Wildman–Crippen MR) is 69.1 cm³/mol. The highest BCUT2D eigenvalue weighted by molar-refractivity contribution is 7.18. The van der Waals surface area contributed by atoms with Crippen LogP contribution in [-0.4, -0.2) is 18.1 Å². The molecular formula is C13H16N2S. The standard InChI is InChI=1S/C13H16N2S/c1-8-4-3-5-11-12(8)15-13(16-11)10-7-14-6-9(10)2/h3-5,9-10,14H,6-7H2,1-2H3/t9-,10-/m1/s1. The number of fused-ring (bicyclic) bond motifs is 1. The minimum Gasteiger partial charge on any atom is -0.316 e. The maximum atomic E-state index is 4.82. The Labute approximate surface area is 99.7 Å². The SMILES string of the molecule is Cc1cccc2sc([C@@H]3CNC[C@H]3C)nc12. The number of aromatic nitrogens is 1. The van der Waals surface area contributed by atoms with Crippen LogP contribution in [0.1, 0.15) is 23.4 Å². The lowest BCUT2D eigenvalue weighted by Crippen LogP contribution is -2.07. The third-order valence-corrected chi connectivity index (χ3v) is 4.62. The molecule has 1 fully saturated rings. The first-order valence-corrected chi connectivity index (χ1v) is 6.64. The number of nitrogens with zero attached hydrogens (tertiary/aromatic N) is 1. The highest BCUT2D eigenvalue weighted by Crippen LogP contribution is 2.34. The van der Waals surface area contributed by atoms with E-state index in [0.717, 1.165) is 13.1 Å². The number of benzene rings is 1. The van der Waals surface area contributed by atoms with Gasteiger partial charge >= 0.3 is 0 Å². The fourth-order valence-corrected chi connectivity index (χ4v) is 3.68. The van der Waals surface area contributed by atoms with E-state index in [1.54, 1.807) is 0 Å². The molecule has 2 nitrogen and oxygen atoms in total. The van der Waals surface area contributed by atoms with Crippen LogP contribution >= 0.6 is 11.3 Å². The lowest BCUT2D eigenvalue weighted by molar-refractivity contribution is 0.570. The van der Waals surface area contributed by atoms with E-state index >= 15 is 0 Å². The van der Waals surface area contributed by atoms with E-state index in [-0.39, 0.29) is 0 Å². The van der Waals surface area contributed by atoms with Crippen LogP contribution < -0.4 is 5.32 Å². The minimum absolute atomic E-state index is 0.608. The Morgan fingerprint density at radius 1 is 1.38 bits per heavy atom. The van der Waals surface area contributed by atoms with Gasteiger partial charge in [-0.05, 0) is 31.0 Å². The van der Waals surface area contributed by atoms with Crippen molar-refractivity contribution in [2.24, 2.45) is 5.92 Å². The molecule has 1 N–H and O–H groups in total. The lowest BCUT2D eigenvalue weighted by atomic mass is 9.99. The maximum absolute atomic E-state index is 4.82. The number of nitrogens with one attached hydrogen (secondary N) is 1. The molecule has 1 aromatic carbocycles. The molecule has 3 heteroatoms. The van der Waals surface area contributed by atoms with Gasteiger partial charge in [0, 0.05) is 12.5 Å². The first-order chi connectivity index (χ1) is 7.75. The van der Waals surface area contributed by atoms with Crippen molar-refractivity contribution in [2.45, 2.75) is 19.8 Å². The summed E-state index contributed by atoms with van der Waals surface area (Å²) in [5.74, 6) is 1.32. The predicted octanol–water partition coefficient (Wildman–Crippen LogP) is 2.93. The summed E-state index contributed by atoms with van der Waals surface area (Å²) in [6, 6.07) is 6.44. The molecule has 84 valence electrons. The average molecular weight is 232 g/mol. The van der Waals surface area contributed by atoms with Crippen LogP contribution in [0.4, 0.5) is 0 Å². The van der Waals surface area contributed by atoms with Crippen molar-refractivity contribution in [3.05, 3.63) is 28.8 Å². The van der Waals surface area contributed by atoms with E-state index in [9.17, 15) is 0 Å². The summed E-state index contributed by atoms with van der Waals surface area (Å²) in [4.78, 5) is 4.82. The molecule has 0 aliphatic carbocycles. The van der Waals surface area contributed by atoms with E-state index in [1.807, 2.05) is 11.3 Å². The molecule has 3 rings (SSSR count). The van der Waals surface area contributed by atoms with Crippen LogP contribution in [0.3, 0.4) is 0 Å². The zero-order chi connectivity index (χ0) is 11.1. The van der Waals surface area contributed by atoms with Crippen molar-refractivity contribution in [3.8, 4) is 0 Å². The molecule has 1 aliphatic heterocycles. The van der Waals surface area contributed by atoms with Gasteiger partial charge in [0.2, 0.25) is 0 Å². The smallest absolute Gasteiger partial charge is 0.0985 e. The molecular weight excluding hydrogens is 216 g/mol. The van der Waals surface area contributed by atoms with Crippen LogP contribution in [0.25, 0.3) is 10.2 Å². The monoisotopic (exact) mass is 232 g/mol. The Balaban J connectivity index is 2.08. The van der Waals surface area contributed by atoms with E-state index in [0.29, 0.717) is 11.8 Å². The molecule has 1 aromatic heterocycles. The normalized spacial score (nSPS) is 25.4. The van der Waals surface area contributed by atoms with Crippen LogP contribution in [0, 0.1) is 12.8 Å². The third-order valence-electron chi connectivity index (χ3n) is 3.47. The topological polar surface area (TPSA) is 24.9 Å². The van der Waals surface area contributed by atoms with Gasteiger partial charge in [0.05, 0.1) is 15.2 Å². The Hall–Kier alpha value is -0.930. The summed E-state index contributed by atoms with van der Waals surface area (Å²) < 4.78 is 1.33. The Morgan fingerprint density at radius 2 is 2.25 bits per heavy atom. The molecule has 2 atom stereocenters. The second kappa shape index (κ2) is 3.82. The summed E-state index contributed by atoms with van der Waals surface area (Å²) in [5.41, 5.74) is 2.49. The van der Waals surface area contributed by atoms with Crippen LogP contribution in [0.2, 0.25) is 0 Å². The van der Waals surface area contributed by atoms with E-state index in [4.69, 9.17) is 4.98 Å². The average Bonchev–Trinajstić information content (AvgIpc) is 2.84. The quantitative estimate of drug-likeness (QED) is 0.817. The van der Waals surface area contributed by atoms with Crippen molar-refractivity contribution in [2.75, 3.05) is 13.1 Å². The largest absolute Gasteiger partial charge is 0.316 e. The summed E-state index contributed by atoms with van der Waals surface area (Å²) in [5, 5.41) is 4.75. The number of rotatable bonds is 1. The van der Waals surface area contributed by atoms with Crippen LogP contribution in [0.15, 0.2) is 18.2 Å². The zero-order valence-electron chi connectivity index (χ0n) is 9.66. The van der Waals surface area contributed by atoms with Gasteiger partial charge in [-0.15, -0.1) is 11.3 Å². The van der Waals surface area contributed by atoms with E-state index in [1.165, 1.54) is 20.8 Å².